The molecule has 0 amide bonds. The fourth-order valence-corrected chi connectivity index (χ4v) is 6.50. The summed E-state index contributed by atoms with van der Waals surface area (Å²) >= 11 is 0. The molecule has 4 rings (SSSR count). The Balaban J connectivity index is 1.64. The molecule has 0 aromatic carbocycles. The average Bonchev–Trinajstić information content (AvgIpc) is 2.83. The predicted octanol–water partition coefficient (Wildman–Crippen LogP) is 5.07. The van der Waals surface area contributed by atoms with Gasteiger partial charge in [-0.1, -0.05) is 24.1 Å². The Hall–Kier alpha value is -0.850. The molecule has 21 heavy (non-hydrogen) atoms. The van der Waals surface area contributed by atoms with E-state index in [1.54, 1.807) is 5.57 Å². The zero-order chi connectivity index (χ0) is 14.6. The Morgan fingerprint density at radius 1 is 1.10 bits per heavy atom. The average molecular weight is 284 g/mol. The van der Waals surface area contributed by atoms with E-state index in [1.165, 1.54) is 44.1 Å². The first kappa shape index (κ1) is 13.8. The number of rotatable bonds is 0. The minimum absolute atomic E-state index is 0.386. The van der Waals surface area contributed by atoms with E-state index in [2.05, 4.69) is 19.9 Å². The number of carbonyl (C=O) groups excluding carboxylic acids is 1. The molecule has 4 aliphatic rings. The van der Waals surface area contributed by atoms with Gasteiger partial charge in [0.25, 0.3) is 0 Å². The van der Waals surface area contributed by atoms with Gasteiger partial charge in [0.2, 0.25) is 0 Å². The number of allylic oxidation sites excluding steroid dienone is 3. The topological polar surface area (TPSA) is 17.1 Å². The van der Waals surface area contributed by atoms with E-state index in [4.69, 9.17) is 0 Å². The van der Waals surface area contributed by atoms with Crippen LogP contribution in [-0.2, 0) is 4.79 Å². The van der Waals surface area contributed by atoms with Gasteiger partial charge in [0.05, 0.1) is 0 Å². The molecule has 3 saturated carbocycles. The van der Waals surface area contributed by atoms with Crippen LogP contribution in [0.3, 0.4) is 0 Å². The van der Waals surface area contributed by atoms with Crippen LogP contribution in [0.25, 0.3) is 0 Å². The molecule has 0 aromatic rings. The van der Waals surface area contributed by atoms with Gasteiger partial charge >= 0.3 is 0 Å². The maximum absolute atomic E-state index is 11.7. The van der Waals surface area contributed by atoms with E-state index in [-0.39, 0.29) is 0 Å². The second kappa shape index (κ2) is 4.83. The van der Waals surface area contributed by atoms with Crippen molar-refractivity contribution in [2.24, 2.45) is 29.1 Å². The molecule has 0 aliphatic heterocycles. The van der Waals surface area contributed by atoms with Crippen molar-refractivity contribution in [3.63, 3.8) is 0 Å². The molecule has 0 spiro atoms. The SMILES string of the molecule is C/C=C1/CC[C@H]2[C@@H]3CCC4=CC(=O)CC[C@@H]4[C@H]3CC[C@]12C. The van der Waals surface area contributed by atoms with E-state index >= 15 is 0 Å². The van der Waals surface area contributed by atoms with Gasteiger partial charge in [0.1, 0.15) is 0 Å². The highest BCUT2D eigenvalue weighted by Crippen LogP contribution is 2.63. The third-order valence-electron chi connectivity index (χ3n) is 7.50. The molecule has 0 bridgehead atoms. The molecule has 0 saturated heterocycles. The highest BCUT2D eigenvalue weighted by molar-refractivity contribution is 5.91. The molecule has 0 heterocycles. The van der Waals surface area contributed by atoms with Crippen LogP contribution < -0.4 is 0 Å². The first-order chi connectivity index (χ1) is 10.1. The van der Waals surface area contributed by atoms with Crippen LogP contribution in [-0.4, -0.2) is 5.78 Å². The lowest BCUT2D eigenvalue weighted by atomic mass is 9.52. The number of ketones is 1. The van der Waals surface area contributed by atoms with Crippen LogP contribution in [0.15, 0.2) is 23.3 Å². The second-order valence-electron chi connectivity index (χ2n) is 8.11. The Kier molecular flexibility index (Phi) is 3.17. The summed E-state index contributed by atoms with van der Waals surface area (Å²) in [5.74, 6) is 3.86. The van der Waals surface area contributed by atoms with Crippen LogP contribution in [0.1, 0.15) is 65.2 Å². The normalized spacial score (nSPS) is 47.6. The highest BCUT2D eigenvalue weighted by Gasteiger charge is 2.53. The van der Waals surface area contributed by atoms with Crippen molar-refractivity contribution in [1.82, 2.24) is 0 Å². The Morgan fingerprint density at radius 2 is 1.95 bits per heavy atom. The molecule has 0 N–H and O–H groups in total. The van der Waals surface area contributed by atoms with E-state index in [0.717, 1.165) is 36.5 Å². The lowest BCUT2D eigenvalue weighted by Gasteiger charge is -2.53. The number of carbonyl (C=O) groups is 1. The van der Waals surface area contributed by atoms with Crippen LogP contribution in [0.4, 0.5) is 0 Å². The van der Waals surface area contributed by atoms with Gasteiger partial charge in [0.15, 0.2) is 5.78 Å². The summed E-state index contributed by atoms with van der Waals surface area (Å²) < 4.78 is 0. The lowest BCUT2D eigenvalue weighted by molar-refractivity contribution is -0.115. The lowest BCUT2D eigenvalue weighted by Crippen LogP contribution is -2.45. The zero-order valence-corrected chi connectivity index (χ0v) is 13.5. The van der Waals surface area contributed by atoms with Gasteiger partial charge in [-0.25, -0.2) is 0 Å². The van der Waals surface area contributed by atoms with Gasteiger partial charge in [-0.3, -0.25) is 4.79 Å². The first-order valence-corrected chi connectivity index (χ1v) is 9.02. The predicted molar refractivity (Wildman–Crippen MR) is 85.9 cm³/mol. The molecular weight excluding hydrogens is 256 g/mol. The fraction of sp³-hybridized carbons (Fsp3) is 0.750. The van der Waals surface area contributed by atoms with Crippen molar-refractivity contribution < 1.29 is 4.79 Å². The molecule has 1 nitrogen and oxygen atoms in total. The Labute approximate surface area is 128 Å². The van der Waals surface area contributed by atoms with Crippen molar-refractivity contribution >= 4 is 5.78 Å². The second-order valence-corrected chi connectivity index (χ2v) is 8.11. The Bertz CT molecular complexity index is 526. The maximum atomic E-state index is 11.7. The van der Waals surface area contributed by atoms with E-state index in [0.29, 0.717) is 11.2 Å². The van der Waals surface area contributed by atoms with Crippen molar-refractivity contribution in [2.45, 2.75) is 65.2 Å². The third-order valence-corrected chi connectivity index (χ3v) is 7.50. The summed E-state index contributed by atoms with van der Waals surface area (Å²) in [5.41, 5.74) is 3.76. The molecule has 4 aliphatic carbocycles. The quantitative estimate of drug-likeness (QED) is 0.567. The standard InChI is InChI=1S/C20H28O/c1-3-14-5-9-19-18-7-4-13-12-15(21)6-8-16(13)17(18)10-11-20(14,19)2/h3,12,16-19H,4-11H2,1-2H3/b14-3-/t16-,17+,18+,19-,20+/m0/s1. The van der Waals surface area contributed by atoms with E-state index in [9.17, 15) is 4.79 Å². The summed E-state index contributed by atoms with van der Waals surface area (Å²) in [6.07, 6.45) is 14.5. The van der Waals surface area contributed by atoms with Crippen molar-refractivity contribution in [2.75, 3.05) is 0 Å². The summed E-state index contributed by atoms with van der Waals surface area (Å²) in [6, 6.07) is 0. The van der Waals surface area contributed by atoms with Gasteiger partial charge < -0.3 is 0 Å². The van der Waals surface area contributed by atoms with Crippen LogP contribution >= 0.6 is 0 Å². The van der Waals surface area contributed by atoms with Gasteiger partial charge in [-0.05, 0) is 87.0 Å². The number of fused-ring (bicyclic) bond motifs is 5. The van der Waals surface area contributed by atoms with Crippen molar-refractivity contribution in [3.05, 3.63) is 23.3 Å². The van der Waals surface area contributed by atoms with Gasteiger partial charge in [-0.15, -0.1) is 0 Å². The zero-order valence-electron chi connectivity index (χ0n) is 13.5. The van der Waals surface area contributed by atoms with E-state index < -0.39 is 0 Å². The van der Waals surface area contributed by atoms with Crippen LogP contribution in [0.2, 0.25) is 0 Å². The minimum Gasteiger partial charge on any atom is -0.295 e. The van der Waals surface area contributed by atoms with Crippen molar-refractivity contribution in [1.29, 1.82) is 0 Å². The minimum atomic E-state index is 0.386. The third kappa shape index (κ3) is 1.92. The smallest absolute Gasteiger partial charge is 0.155 e. The molecule has 114 valence electrons. The molecule has 0 radical (unpaired) electrons. The number of hydrogen-bond acceptors (Lipinski definition) is 1. The molecule has 0 aromatic heterocycles. The summed E-state index contributed by atoms with van der Waals surface area (Å²) in [4.78, 5) is 11.7. The fourth-order valence-electron chi connectivity index (χ4n) is 6.50. The van der Waals surface area contributed by atoms with Gasteiger partial charge in [0, 0.05) is 6.42 Å². The Morgan fingerprint density at radius 3 is 2.76 bits per heavy atom. The monoisotopic (exact) mass is 284 g/mol. The molecule has 0 unspecified atom stereocenters. The molecular formula is C20H28O. The summed E-state index contributed by atoms with van der Waals surface area (Å²) in [5, 5.41) is 0. The van der Waals surface area contributed by atoms with Crippen molar-refractivity contribution in [3.8, 4) is 0 Å². The molecule has 3 fully saturated rings. The summed E-state index contributed by atoms with van der Waals surface area (Å²) in [7, 11) is 0. The molecule has 1 heteroatoms. The van der Waals surface area contributed by atoms with E-state index in [1.807, 2.05) is 6.08 Å². The highest BCUT2D eigenvalue weighted by atomic mass is 16.1. The van der Waals surface area contributed by atoms with Gasteiger partial charge in [-0.2, -0.15) is 0 Å². The largest absolute Gasteiger partial charge is 0.295 e. The first-order valence-electron chi connectivity index (χ1n) is 9.02. The maximum Gasteiger partial charge on any atom is 0.155 e. The number of hydrogen-bond donors (Lipinski definition) is 0. The summed E-state index contributed by atoms with van der Waals surface area (Å²) in [6.45, 7) is 4.79. The van der Waals surface area contributed by atoms with Crippen LogP contribution in [0, 0.1) is 29.1 Å². The molecule has 5 atom stereocenters. The van der Waals surface area contributed by atoms with Crippen LogP contribution in [0.5, 0.6) is 0 Å².